The summed E-state index contributed by atoms with van der Waals surface area (Å²) in [5.41, 5.74) is 1.32. The molecule has 8 nitrogen and oxygen atoms in total. The highest BCUT2D eigenvalue weighted by Crippen LogP contribution is 2.39. The molecule has 0 bridgehead atoms. The number of hydrogen-bond acceptors (Lipinski definition) is 7. The summed E-state index contributed by atoms with van der Waals surface area (Å²) in [5, 5.41) is 3.08. The Morgan fingerprint density at radius 1 is 0.951 bits per heavy atom. The van der Waals surface area contributed by atoms with Gasteiger partial charge in [0.25, 0.3) is 0 Å². The summed E-state index contributed by atoms with van der Waals surface area (Å²) in [6.07, 6.45) is 1.12. The lowest BCUT2D eigenvalue weighted by Gasteiger charge is -2.46. The first-order valence-corrected chi connectivity index (χ1v) is 14.5. The normalized spacial score (nSPS) is 20.3. The first-order valence-electron chi connectivity index (χ1n) is 14.5. The molecule has 3 rings (SSSR count). The van der Waals surface area contributed by atoms with Crippen molar-refractivity contribution in [3.05, 3.63) is 59.2 Å². The van der Waals surface area contributed by atoms with Gasteiger partial charge in [-0.15, -0.1) is 0 Å². The second-order valence-electron chi connectivity index (χ2n) is 10.8. The Balaban J connectivity index is 1.92. The Hall–Kier alpha value is -3.23. The van der Waals surface area contributed by atoms with E-state index < -0.39 is 11.5 Å². The van der Waals surface area contributed by atoms with Gasteiger partial charge in [0.05, 0.1) is 25.4 Å². The summed E-state index contributed by atoms with van der Waals surface area (Å²) >= 11 is 0. The number of rotatable bonds is 16. The minimum absolute atomic E-state index is 0.0632. The second kappa shape index (κ2) is 14.6. The van der Waals surface area contributed by atoms with Gasteiger partial charge >= 0.3 is 0 Å². The molecule has 0 saturated heterocycles. The van der Waals surface area contributed by atoms with Crippen LogP contribution in [0.4, 0.5) is 0 Å². The predicted molar refractivity (Wildman–Crippen MR) is 158 cm³/mol. The second-order valence-corrected chi connectivity index (χ2v) is 10.8. The molecule has 2 aromatic rings. The third-order valence-corrected chi connectivity index (χ3v) is 8.09. The van der Waals surface area contributed by atoms with Crippen molar-refractivity contribution < 1.29 is 33.3 Å². The summed E-state index contributed by atoms with van der Waals surface area (Å²) < 4.78 is 23.3. The molecule has 2 aromatic carbocycles. The molecule has 8 heteroatoms. The summed E-state index contributed by atoms with van der Waals surface area (Å²) in [6, 6.07) is 13.6. The largest absolute Gasteiger partial charge is 0.493 e. The summed E-state index contributed by atoms with van der Waals surface area (Å²) in [4.78, 5) is 39.1. The number of carbonyl (C=O) groups is 3. The van der Waals surface area contributed by atoms with Gasteiger partial charge in [-0.05, 0) is 70.2 Å². The summed E-state index contributed by atoms with van der Waals surface area (Å²) in [7, 11) is 1.61. The van der Waals surface area contributed by atoms with Crippen LogP contribution in [0.2, 0.25) is 0 Å². The monoisotopic (exact) mass is 567 g/mol. The number of ether oxygens (including phenoxy) is 4. The zero-order chi connectivity index (χ0) is 30.2. The van der Waals surface area contributed by atoms with Crippen LogP contribution in [-0.4, -0.2) is 56.0 Å². The highest BCUT2D eigenvalue weighted by molar-refractivity contribution is 6.00. The Kier molecular flexibility index (Phi) is 11.5. The number of amides is 1. The van der Waals surface area contributed by atoms with Gasteiger partial charge in [-0.2, -0.15) is 0 Å². The lowest BCUT2D eigenvalue weighted by molar-refractivity contribution is -0.143. The number of hydrogen-bond donors (Lipinski definition) is 1. The third-order valence-electron chi connectivity index (χ3n) is 8.09. The molecular formula is C33H45NO7. The van der Waals surface area contributed by atoms with Crippen LogP contribution in [-0.2, 0) is 19.1 Å². The molecule has 1 N–H and O–H groups in total. The van der Waals surface area contributed by atoms with E-state index in [9.17, 15) is 14.4 Å². The average molecular weight is 568 g/mol. The van der Waals surface area contributed by atoms with Gasteiger partial charge in [-0.25, -0.2) is 0 Å². The Bertz CT molecular complexity index is 1160. The maximum Gasteiger partial charge on any atom is 0.224 e. The SMILES string of the molecule is CCOc1cc([C@@H](C)C(CCO[C@@H](C)c2ccccc2)C(=O)NC2(C(C)=O)CC(OC)C2)cc(OCC)c1C(C)=O. The maximum absolute atomic E-state index is 13.9. The standard InChI is InChI=1S/C33H45NO7/c1-8-39-29-17-26(18-30(40-9-2)31(29)22(4)35)21(3)28(15-16-41-23(5)25-13-11-10-12-14-25)32(37)34-33(24(6)36)19-27(20-33)38-7/h10-14,17-18,21,23,27-28H,8-9,15-16,19-20H2,1-7H3,(H,34,37)/t21-,23+,27?,28?,33?/m1/s1. The van der Waals surface area contributed by atoms with E-state index in [4.69, 9.17) is 18.9 Å². The van der Waals surface area contributed by atoms with Gasteiger partial charge in [0, 0.05) is 32.5 Å². The van der Waals surface area contributed by atoms with Crippen LogP contribution >= 0.6 is 0 Å². The minimum Gasteiger partial charge on any atom is -0.493 e. The molecule has 1 fully saturated rings. The van der Waals surface area contributed by atoms with Crippen molar-refractivity contribution >= 4 is 17.5 Å². The van der Waals surface area contributed by atoms with E-state index in [-0.39, 0.29) is 35.6 Å². The van der Waals surface area contributed by atoms with Crippen LogP contribution in [0.15, 0.2) is 42.5 Å². The summed E-state index contributed by atoms with van der Waals surface area (Å²) in [6.45, 7) is 11.8. The fourth-order valence-corrected chi connectivity index (χ4v) is 5.48. The van der Waals surface area contributed by atoms with Crippen LogP contribution in [0.25, 0.3) is 0 Å². The molecule has 3 atom stereocenters. The topological polar surface area (TPSA) is 100 Å². The molecular weight excluding hydrogens is 522 g/mol. The summed E-state index contributed by atoms with van der Waals surface area (Å²) in [5.74, 6) is -0.413. The van der Waals surface area contributed by atoms with Crippen molar-refractivity contribution in [2.24, 2.45) is 5.92 Å². The van der Waals surface area contributed by atoms with Crippen LogP contribution in [0.1, 0.15) is 94.3 Å². The van der Waals surface area contributed by atoms with E-state index in [1.54, 1.807) is 7.11 Å². The van der Waals surface area contributed by atoms with Gasteiger partial charge in [-0.1, -0.05) is 37.3 Å². The molecule has 1 aliphatic rings. The average Bonchev–Trinajstić information content (AvgIpc) is 2.92. The first-order chi connectivity index (χ1) is 19.6. The highest BCUT2D eigenvalue weighted by atomic mass is 16.5. The van der Waals surface area contributed by atoms with Gasteiger partial charge in [0.15, 0.2) is 11.6 Å². The zero-order valence-electron chi connectivity index (χ0n) is 25.5. The van der Waals surface area contributed by atoms with Crippen molar-refractivity contribution in [3.63, 3.8) is 0 Å². The molecule has 41 heavy (non-hydrogen) atoms. The van der Waals surface area contributed by atoms with Crippen LogP contribution in [0, 0.1) is 5.92 Å². The van der Waals surface area contributed by atoms with Crippen molar-refractivity contribution in [2.75, 3.05) is 26.9 Å². The number of carbonyl (C=O) groups excluding carboxylic acids is 3. The van der Waals surface area contributed by atoms with E-state index in [1.165, 1.54) is 13.8 Å². The fourth-order valence-electron chi connectivity index (χ4n) is 5.48. The quantitative estimate of drug-likeness (QED) is 0.255. The molecule has 1 aliphatic carbocycles. The lowest BCUT2D eigenvalue weighted by Crippen LogP contribution is -2.65. The number of ketones is 2. The van der Waals surface area contributed by atoms with Crippen molar-refractivity contribution in [1.82, 2.24) is 5.32 Å². The third kappa shape index (κ3) is 7.74. The zero-order valence-corrected chi connectivity index (χ0v) is 25.5. The van der Waals surface area contributed by atoms with E-state index in [2.05, 4.69) is 5.32 Å². The Morgan fingerprint density at radius 3 is 2.02 bits per heavy atom. The predicted octanol–water partition coefficient (Wildman–Crippen LogP) is 5.83. The first kappa shape index (κ1) is 32.3. The van der Waals surface area contributed by atoms with Gasteiger partial charge in [-0.3, -0.25) is 14.4 Å². The minimum atomic E-state index is -0.931. The molecule has 1 saturated carbocycles. The van der Waals surface area contributed by atoms with E-state index >= 15 is 0 Å². The number of Topliss-reactive ketones (excluding diaryl/α,β-unsaturated/α-hetero) is 2. The molecule has 1 unspecified atom stereocenters. The van der Waals surface area contributed by atoms with Crippen molar-refractivity contribution in [2.45, 2.75) is 84.5 Å². The lowest BCUT2D eigenvalue weighted by atomic mass is 9.71. The Labute approximate surface area is 244 Å². The van der Waals surface area contributed by atoms with Crippen molar-refractivity contribution in [3.8, 4) is 11.5 Å². The molecule has 224 valence electrons. The van der Waals surface area contributed by atoms with Crippen LogP contribution < -0.4 is 14.8 Å². The van der Waals surface area contributed by atoms with E-state index in [0.29, 0.717) is 56.1 Å². The van der Waals surface area contributed by atoms with Crippen LogP contribution in [0.3, 0.4) is 0 Å². The van der Waals surface area contributed by atoms with Crippen LogP contribution in [0.5, 0.6) is 11.5 Å². The van der Waals surface area contributed by atoms with Crippen molar-refractivity contribution in [1.29, 1.82) is 0 Å². The number of methoxy groups -OCH3 is 1. The van der Waals surface area contributed by atoms with E-state index in [0.717, 1.165) is 11.1 Å². The van der Waals surface area contributed by atoms with E-state index in [1.807, 2.05) is 70.2 Å². The molecule has 1 amide bonds. The molecule has 0 radical (unpaired) electrons. The fraction of sp³-hybridized carbons (Fsp3) is 0.545. The van der Waals surface area contributed by atoms with Gasteiger partial charge < -0.3 is 24.3 Å². The highest BCUT2D eigenvalue weighted by Gasteiger charge is 2.50. The van der Waals surface area contributed by atoms with Gasteiger partial charge in [0.2, 0.25) is 5.91 Å². The molecule has 0 spiro atoms. The maximum atomic E-state index is 13.9. The Morgan fingerprint density at radius 2 is 1.54 bits per heavy atom. The number of nitrogens with one attached hydrogen (secondary N) is 1. The molecule has 0 aliphatic heterocycles. The molecule has 0 heterocycles. The number of benzene rings is 2. The van der Waals surface area contributed by atoms with Gasteiger partial charge in [0.1, 0.15) is 22.6 Å². The smallest absolute Gasteiger partial charge is 0.224 e. The molecule has 0 aromatic heterocycles.